The quantitative estimate of drug-likeness (QED) is 0.436. The molecule has 2 N–H and O–H groups in total. The van der Waals surface area contributed by atoms with E-state index in [0.717, 1.165) is 46.2 Å². The number of hydrogen-bond donors (Lipinski definition) is 1. The second-order valence-electron chi connectivity index (χ2n) is 9.41. The summed E-state index contributed by atoms with van der Waals surface area (Å²) in [6, 6.07) is 19.8. The van der Waals surface area contributed by atoms with Crippen LogP contribution in [0.5, 0.6) is 5.75 Å². The van der Waals surface area contributed by atoms with Crippen LogP contribution >= 0.6 is 0 Å². The minimum absolute atomic E-state index is 0.127. The molecule has 4 aromatic rings. The van der Waals surface area contributed by atoms with Gasteiger partial charge in [-0.3, -0.25) is 4.79 Å². The molecular weight excluding hydrogens is 452 g/mol. The average Bonchev–Trinajstić information content (AvgIpc) is 3.27. The number of anilines is 1. The van der Waals surface area contributed by atoms with Crippen LogP contribution in [0.3, 0.4) is 0 Å². The molecule has 0 saturated carbocycles. The zero-order chi connectivity index (χ0) is 25.2. The van der Waals surface area contributed by atoms with Crippen LogP contribution in [-0.2, 0) is 19.5 Å². The number of aromatic nitrogens is 4. The van der Waals surface area contributed by atoms with Crippen LogP contribution in [0.25, 0.3) is 22.6 Å². The first-order valence-corrected chi connectivity index (χ1v) is 12.1. The molecule has 0 fully saturated rings. The van der Waals surface area contributed by atoms with Gasteiger partial charge in [-0.2, -0.15) is 0 Å². The van der Waals surface area contributed by atoms with E-state index in [9.17, 15) is 4.79 Å². The minimum atomic E-state index is -0.153. The van der Waals surface area contributed by atoms with E-state index in [4.69, 9.17) is 15.5 Å². The van der Waals surface area contributed by atoms with Gasteiger partial charge in [0.25, 0.3) is 5.91 Å². The van der Waals surface area contributed by atoms with Crippen molar-refractivity contribution >= 4 is 11.9 Å². The van der Waals surface area contributed by atoms with Gasteiger partial charge in [0.2, 0.25) is 5.95 Å². The summed E-state index contributed by atoms with van der Waals surface area (Å²) in [5.41, 5.74) is 10.9. The van der Waals surface area contributed by atoms with Crippen LogP contribution in [0, 0.1) is 5.92 Å². The molecule has 184 valence electrons. The van der Waals surface area contributed by atoms with E-state index >= 15 is 0 Å². The lowest BCUT2D eigenvalue weighted by molar-refractivity contribution is 0.0706. The highest BCUT2D eigenvalue weighted by molar-refractivity contribution is 5.93. The Balaban J connectivity index is 1.54. The summed E-state index contributed by atoms with van der Waals surface area (Å²) in [4.78, 5) is 29.0. The molecule has 0 radical (unpaired) electrons. The number of methoxy groups -OCH3 is 1. The number of ether oxygens (including phenoxy) is 1. The van der Waals surface area contributed by atoms with Crippen molar-refractivity contribution in [3.63, 3.8) is 0 Å². The summed E-state index contributed by atoms with van der Waals surface area (Å²) in [5, 5.41) is 0. The molecule has 8 nitrogen and oxygen atoms in total. The van der Waals surface area contributed by atoms with E-state index in [1.165, 1.54) is 0 Å². The van der Waals surface area contributed by atoms with Crippen molar-refractivity contribution in [2.24, 2.45) is 5.92 Å². The Labute approximate surface area is 210 Å². The van der Waals surface area contributed by atoms with Crippen molar-refractivity contribution < 1.29 is 9.53 Å². The lowest BCUT2D eigenvalue weighted by atomic mass is 10.1. The standard InChI is InChI=1S/C28H30N6O2/c1-18(2)14-21-16-23(31-28(29)30-21)27(35)33-12-13-34-24(17-33)25(20-10-7-11-22(15-20)36-3)32-26(34)19-8-5-4-6-9-19/h4-11,15-16,18H,12-14,17H2,1-3H3,(H2,29,30,31). The van der Waals surface area contributed by atoms with Crippen LogP contribution in [0.15, 0.2) is 60.7 Å². The number of benzene rings is 2. The number of rotatable bonds is 6. The van der Waals surface area contributed by atoms with Crippen LogP contribution < -0.4 is 10.5 Å². The maximum atomic E-state index is 13.6. The fourth-order valence-corrected chi connectivity index (χ4v) is 4.66. The van der Waals surface area contributed by atoms with Crippen LogP contribution in [0.2, 0.25) is 0 Å². The predicted octanol–water partition coefficient (Wildman–Crippen LogP) is 4.45. The van der Waals surface area contributed by atoms with Gasteiger partial charge in [-0.25, -0.2) is 15.0 Å². The number of nitrogen functional groups attached to an aromatic ring is 1. The Morgan fingerprint density at radius 3 is 2.53 bits per heavy atom. The Morgan fingerprint density at radius 1 is 1.00 bits per heavy atom. The van der Waals surface area contributed by atoms with Gasteiger partial charge in [0.05, 0.1) is 25.0 Å². The summed E-state index contributed by atoms with van der Waals surface area (Å²) in [6.45, 7) is 5.80. The zero-order valence-corrected chi connectivity index (χ0v) is 20.8. The second kappa shape index (κ2) is 9.81. The largest absolute Gasteiger partial charge is 0.497 e. The van der Waals surface area contributed by atoms with Gasteiger partial charge in [-0.05, 0) is 30.5 Å². The highest BCUT2D eigenvalue weighted by Crippen LogP contribution is 2.34. The van der Waals surface area contributed by atoms with E-state index in [0.29, 0.717) is 31.2 Å². The van der Waals surface area contributed by atoms with Gasteiger partial charge < -0.3 is 19.9 Å². The van der Waals surface area contributed by atoms with Crippen molar-refractivity contribution in [2.45, 2.75) is 33.4 Å². The molecule has 3 heterocycles. The number of nitrogens with two attached hydrogens (primary N) is 1. The summed E-state index contributed by atoms with van der Waals surface area (Å²) in [6.07, 6.45) is 0.736. The van der Waals surface area contributed by atoms with E-state index in [1.54, 1.807) is 13.2 Å². The van der Waals surface area contributed by atoms with E-state index < -0.39 is 0 Å². The lowest BCUT2D eigenvalue weighted by Crippen LogP contribution is -2.39. The SMILES string of the molecule is COc1cccc(-c2nc(-c3ccccc3)n3c2CN(C(=O)c2cc(CC(C)C)nc(N)n2)CC3)c1. The van der Waals surface area contributed by atoms with Crippen molar-refractivity contribution in [3.05, 3.63) is 77.7 Å². The van der Waals surface area contributed by atoms with Crippen LogP contribution in [-0.4, -0.2) is 44.0 Å². The number of hydrogen-bond acceptors (Lipinski definition) is 6. The fraction of sp³-hybridized carbons (Fsp3) is 0.286. The van der Waals surface area contributed by atoms with Crippen LogP contribution in [0.4, 0.5) is 5.95 Å². The highest BCUT2D eigenvalue weighted by Gasteiger charge is 2.29. The van der Waals surface area contributed by atoms with Crippen LogP contribution in [0.1, 0.15) is 35.7 Å². The van der Waals surface area contributed by atoms with Crippen molar-refractivity contribution in [2.75, 3.05) is 19.4 Å². The number of imidazole rings is 1. The summed E-state index contributed by atoms with van der Waals surface area (Å²) in [5.74, 6) is 2.02. The molecule has 1 aliphatic heterocycles. The Kier molecular flexibility index (Phi) is 6.41. The first-order valence-electron chi connectivity index (χ1n) is 12.1. The number of carbonyl (C=O) groups excluding carboxylic acids is 1. The Morgan fingerprint density at radius 2 is 1.78 bits per heavy atom. The molecule has 8 heteroatoms. The first kappa shape index (κ1) is 23.5. The van der Waals surface area contributed by atoms with Gasteiger partial charge >= 0.3 is 0 Å². The predicted molar refractivity (Wildman–Crippen MR) is 139 cm³/mol. The van der Waals surface area contributed by atoms with E-state index in [1.807, 2.05) is 47.4 Å². The minimum Gasteiger partial charge on any atom is -0.497 e. The molecule has 2 aromatic heterocycles. The molecule has 1 aliphatic rings. The normalized spacial score (nSPS) is 13.1. The Bertz CT molecular complexity index is 1400. The molecule has 0 spiro atoms. The molecule has 36 heavy (non-hydrogen) atoms. The number of amides is 1. The molecule has 0 unspecified atom stereocenters. The first-order chi connectivity index (χ1) is 17.4. The molecule has 0 saturated heterocycles. The maximum absolute atomic E-state index is 13.6. The molecule has 0 atom stereocenters. The number of carbonyl (C=O) groups is 1. The van der Waals surface area contributed by atoms with Gasteiger partial charge in [0, 0.05) is 29.9 Å². The summed E-state index contributed by atoms with van der Waals surface area (Å²) >= 11 is 0. The second-order valence-corrected chi connectivity index (χ2v) is 9.41. The summed E-state index contributed by atoms with van der Waals surface area (Å²) in [7, 11) is 1.65. The summed E-state index contributed by atoms with van der Waals surface area (Å²) < 4.78 is 7.67. The van der Waals surface area contributed by atoms with Gasteiger partial charge in [-0.15, -0.1) is 0 Å². The maximum Gasteiger partial charge on any atom is 0.273 e. The van der Waals surface area contributed by atoms with E-state index in [-0.39, 0.29) is 11.9 Å². The van der Waals surface area contributed by atoms with Gasteiger partial charge in [-0.1, -0.05) is 56.3 Å². The molecular formula is C28H30N6O2. The number of fused-ring (bicyclic) bond motifs is 1. The van der Waals surface area contributed by atoms with Crippen molar-refractivity contribution in [3.8, 4) is 28.4 Å². The fourth-order valence-electron chi connectivity index (χ4n) is 4.66. The highest BCUT2D eigenvalue weighted by atomic mass is 16.5. The molecule has 5 rings (SSSR count). The number of nitrogens with zero attached hydrogens (tertiary/aromatic N) is 5. The topological polar surface area (TPSA) is 99.2 Å². The smallest absolute Gasteiger partial charge is 0.273 e. The molecule has 0 aliphatic carbocycles. The molecule has 0 bridgehead atoms. The van der Waals surface area contributed by atoms with Gasteiger partial charge in [0.15, 0.2) is 0 Å². The Hall–Kier alpha value is -4.20. The third-order valence-electron chi connectivity index (χ3n) is 6.30. The third-order valence-corrected chi connectivity index (χ3v) is 6.30. The third kappa shape index (κ3) is 4.66. The van der Waals surface area contributed by atoms with Crippen molar-refractivity contribution in [1.82, 2.24) is 24.4 Å². The van der Waals surface area contributed by atoms with Crippen molar-refractivity contribution in [1.29, 1.82) is 0 Å². The molecule has 2 aromatic carbocycles. The molecule has 1 amide bonds. The van der Waals surface area contributed by atoms with E-state index in [2.05, 4.69) is 40.5 Å². The lowest BCUT2D eigenvalue weighted by Gasteiger charge is -2.29. The monoisotopic (exact) mass is 482 g/mol. The average molecular weight is 483 g/mol. The van der Waals surface area contributed by atoms with Gasteiger partial charge in [0.1, 0.15) is 17.3 Å². The zero-order valence-electron chi connectivity index (χ0n) is 20.8.